The highest BCUT2D eigenvalue weighted by Gasteiger charge is 2.22. The van der Waals surface area contributed by atoms with Crippen LogP contribution in [0.15, 0.2) is 41.8 Å². The van der Waals surface area contributed by atoms with Crippen molar-refractivity contribution in [1.82, 2.24) is 5.32 Å². The van der Waals surface area contributed by atoms with Gasteiger partial charge in [-0.3, -0.25) is 9.59 Å². The maximum absolute atomic E-state index is 12.5. The van der Waals surface area contributed by atoms with Crippen LogP contribution in [-0.2, 0) is 0 Å². The SMILES string of the molecule is CCC(N)(CC)CNC(=O)c1ccccc1NC(=O)c1cccs1.Cl. The first-order valence-electron chi connectivity index (χ1n) is 8.00. The van der Waals surface area contributed by atoms with Crippen LogP contribution in [0.25, 0.3) is 0 Å². The van der Waals surface area contributed by atoms with Crippen molar-refractivity contribution in [2.75, 3.05) is 11.9 Å². The smallest absolute Gasteiger partial charge is 0.265 e. The van der Waals surface area contributed by atoms with E-state index in [4.69, 9.17) is 5.73 Å². The van der Waals surface area contributed by atoms with Crippen molar-refractivity contribution in [1.29, 1.82) is 0 Å². The van der Waals surface area contributed by atoms with Crippen LogP contribution >= 0.6 is 23.7 Å². The van der Waals surface area contributed by atoms with E-state index in [-0.39, 0.29) is 24.2 Å². The Bertz CT molecular complexity index is 700. The van der Waals surface area contributed by atoms with Crippen LogP contribution in [0.1, 0.15) is 46.7 Å². The molecule has 25 heavy (non-hydrogen) atoms. The van der Waals surface area contributed by atoms with Gasteiger partial charge in [0.15, 0.2) is 0 Å². The number of rotatable bonds is 7. The molecule has 0 radical (unpaired) electrons. The van der Waals surface area contributed by atoms with Crippen LogP contribution in [0, 0.1) is 0 Å². The van der Waals surface area contributed by atoms with Crippen LogP contribution in [0.3, 0.4) is 0 Å². The summed E-state index contributed by atoms with van der Waals surface area (Å²) in [5.41, 5.74) is 6.73. The van der Waals surface area contributed by atoms with Crippen molar-refractivity contribution >= 4 is 41.2 Å². The second kappa shape index (κ2) is 9.56. The van der Waals surface area contributed by atoms with E-state index in [1.165, 1.54) is 11.3 Å². The number of carbonyl (C=O) groups is 2. The van der Waals surface area contributed by atoms with Crippen molar-refractivity contribution in [3.63, 3.8) is 0 Å². The van der Waals surface area contributed by atoms with Crippen LogP contribution in [0.5, 0.6) is 0 Å². The monoisotopic (exact) mass is 381 g/mol. The minimum atomic E-state index is -0.412. The van der Waals surface area contributed by atoms with E-state index in [0.29, 0.717) is 22.7 Å². The molecule has 2 aromatic rings. The van der Waals surface area contributed by atoms with Gasteiger partial charge in [0.25, 0.3) is 11.8 Å². The number of amides is 2. The Morgan fingerprint density at radius 3 is 2.36 bits per heavy atom. The third kappa shape index (κ3) is 5.56. The lowest BCUT2D eigenvalue weighted by Gasteiger charge is -2.27. The number of benzene rings is 1. The fourth-order valence-corrected chi connectivity index (χ4v) is 2.85. The lowest BCUT2D eigenvalue weighted by Crippen LogP contribution is -2.49. The van der Waals surface area contributed by atoms with Crippen molar-refractivity contribution in [2.24, 2.45) is 5.73 Å². The molecule has 136 valence electrons. The van der Waals surface area contributed by atoms with Crippen molar-refractivity contribution < 1.29 is 9.59 Å². The van der Waals surface area contributed by atoms with Crippen LogP contribution in [-0.4, -0.2) is 23.9 Å². The van der Waals surface area contributed by atoms with Gasteiger partial charge in [-0.15, -0.1) is 23.7 Å². The molecule has 0 aliphatic heterocycles. The normalized spacial score (nSPS) is 10.7. The Morgan fingerprint density at radius 2 is 1.76 bits per heavy atom. The zero-order valence-corrected chi connectivity index (χ0v) is 16.0. The van der Waals surface area contributed by atoms with E-state index in [1.807, 2.05) is 25.3 Å². The lowest BCUT2D eigenvalue weighted by molar-refractivity contribution is 0.0943. The van der Waals surface area contributed by atoms with Crippen LogP contribution < -0.4 is 16.4 Å². The molecule has 0 aliphatic rings. The molecule has 1 aromatic heterocycles. The van der Waals surface area contributed by atoms with Gasteiger partial charge in [-0.2, -0.15) is 0 Å². The molecule has 0 atom stereocenters. The number of nitrogens with one attached hydrogen (secondary N) is 2. The number of hydrogen-bond donors (Lipinski definition) is 3. The summed E-state index contributed by atoms with van der Waals surface area (Å²) in [4.78, 5) is 25.3. The van der Waals surface area contributed by atoms with Crippen molar-refractivity contribution in [3.05, 3.63) is 52.2 Å². The molecule has 0 unspecified atom stereocenters. The minimum Gasteiger partial charge on any atom is -0.350 e. The van der Waals surface area contributed by atoms with E-state index < -0.39 is 5.54 Å². The van der Waals surface area contributed by atoms with Gasteiger partial charge < -0.3 is 16.4 Å². The zero-order chi connectivity index (χ0) is 17.6. The summed E-state index contributed by atoms with van der Waals surface area (Å²) in [6.07, 6.45) is 1.56. The highest BCUT2D eigenvalue weighted by Crippen LogP contribution is 2.18. The molecule has 7 heteroatoms. The zero-order valence-electron chi connectivity index (χ0n) is 14.4. The van der Waals surface area contributed by atoms with Gasteiger partial charge in [-0.05, 0) is 36.4 Å². The van der Waals surface area contributed by atoms with E-state index in [2.05, 4.69) is 10.6 Å². The van der Waals surface area contributed by atoms with Crippen LogP contribution in [0.4, 0.5) is 5.69 Å². The van der Waals surface area contributed by atoms with E-state index >= 15 is 0 Å². The number of carbonyl (C=O) groups excluding carboxylic acids is 2. The van der Waals surface area contributed by atoms with Gasteiger partial charge in [-0.25, -0.2) is 0 Å². The van der Waals surface area contributed by atoms with Crippen molar-refractivity contribution in [3.8, 4) is 0 Å². The first-order chi connectivity index (χ1) is 11.5. The molecule has 5 nitrogen and oxygen atoms in total. The summed E-state index contributed by atoms with van der Waals surface area (Å²) in [6, 6.07) is 10.5. The van der Waals surface area contributed by atoms with E-state index in [1.54, 1.807) is 30.3 Å². The molecule has 4 N–H and O–H groups in total. The largest absolute Gasteiger partial charge is 0.350 e. The third-order valence-corrected chi connectivity index (χ3v) is 5.04. The molecule has 0 bridgehead atoms. The van der Waals surface area contributed by atoms with E-state index in [9.17, 15) is 9.59 Å². The van der Waals surface area contributed by atoms with Gasteiger partial charge in [0.2, 0.25) is 0 Å². The number of nitrogens with two attached hydrogens (primary N) is 1. The summed E-state index contributed by atoms with van der Waals surface area (Å²) >= 11 is 1.35. The average Bonchev–Trinajstić information content (AvgIpc) is 3.14. The standard InChI is InChI=1S/C18H23N3O2S.ClH/c1-3-18(19,4-2)12-20-16(22)13-8-5-6-9-14(13)21-17(23)15-10-7-11-24-15;/h5-11H,3-4,12,19H2,1-2H3,(H,20,22)(H,21,23);1H. The van der Waals surface area contributed by atoms with Gasteiger partial charge in [0, 0.05) is 12.1 Å². The fourth-order valence-electron chi connectivity index (χ4n) is 2.23. The Morgan fingerprint density at radius 1 is 1.08 bits per heavy atom. The second-order valence-electron chi connectivity index (χ2n) is 5.73. The van der Waals surface area contributed by atoms with Gasteiger partial charge in [-0.1, -0.05) is 32.0 Å². The molecule has 1 heterocycles. The minimum absolute atomic E-state index is 0. The molecule has 1 aromatic carbocycles. The summed E-state index contributed by atoms with van der Waals surface area (Å²) in [7, 11) is 0. The summed E-state index contributed by atoms with van der Waals surface area (Å²) in [6.45, 7) is 4.40. The number of para-hydroxylation sites is 1. The summed E-state index contributed by atoms with van der Waals surface area (Å²) < 4.78 is 0. The van der Waals surface area contributed by atoms with E-state index in [0.717, 1.165) is 12.8 Å². The van der Waals surface area contributed by atoms with Crippen LogP contribution in [0.2, 0.25) is 0 Å². The maximum atomic E-state index is 12.5. The predicted molar refractivity (Wildman–Crippen MR) is 106 cm³/mol. The fraction of sp³-hybridized carbons (Fsp3) is 0.333. The van der Waals surface area contributed by atoms with Crippen molar-refractivity contribution in [2.45, 2.75) is 32.2 Å². The van der Waals surface area contributed by atoms with Gasteiger partial charge in [0.1, 0.15) is 0 Å². The van der Waals surface area contributed by atoms with Gasteiger partial charge >= 0.3 is 0 Å². The molecule has 0 aliphatic carbocycles. The highest BCUT2D eigenvalue weighted by atomic mass is 35.5. The van der Waals surface area contributed by atoms with Gasteiger partial charge in [0.05, 0.1) is 16.1 Å². The quantitative estimate of drug-likeness (QED) is 0.684. The third-order valence-electron chi connectivity index (χ3n) is 4.17. The summed E-state index contributed by atoms with van der Waals surface area (Å²) in [5, 5.41) is 7.51. The Labute approximate surface area is 158 Å². The average molecular weight is 382 g/mol. The molecule has 0 fully saturated rings. The Kier molecular flexibility index (Phi) is 8.09. The molecule has 2 rings (SSSR count). The lowest BCUT2D eigenvalue weighted by atomic mass is 9.94. The Balaban J connectivity index is 0.00000312. The number of halogens is 1. The molecule has 2 amide bonds. The molecule has 0 spiro atoms. The molecule has 0 saturated heterocycles. The molecular formula is C18H24ClN3O2S. The number of hydrogen-bond acceptors (Lipinski definition) is 4. The molecule has 0 saturated carbocycles. The number of anilines is 1. The topological polar surface area (TPSA) is 84.2 Å². The molecular weight excluding hydrogens is 358 g/mol. The highest BCUT2D eigenvalue weighted by molar-refractivity contribution is 7.12. The second-order valence-corrected chi connectivity index (χ2v) is 6.68. The maximum Gasteiger partial charge on any atom is 0.265 e. The first kappa shape index (κ1) is 21.2. The predicted octanol–water partition coefficient (Wildman–Crippen LogP) is 3.67. The number of thiophene rings is 1. The summed E-state index contributed by atoms with van der Waals surface area (Å²) in [5.74, 6) is -0.464. The first-order valence-corrected chi connectivity index (χ1v) is 8.88. The Hall–Kier alpha value is -1.89.